The molecule has 0 aromatic carbocycles. The Labute approximate surface area is 75.7 Å². The Morgan fingerprint density at radius 3 is 2.17 bits per heavy atom. The van der Waals surface area contributed by atoms with Crippen molar-refractivity contribution in [3.8, 4) is 0 Å². The standard InChI is InChI=1S/C10H21NO/c1-5-8(2)10(4)9(3)6-7-11-12/h8-10H,5-7H2,1-4H3. The molecule has 0 radical (unpaired) electrons. The molecule has 0 fully saturated rings. The van der Waals surface area contributed by atoms with Gasteiger partial charge in [-0.3, -0.25) is 0 Å². The van der Waals surface area contributed by atoms with Crippen molar-refractivity contribution in [3.05, 3.63) is 4.91 Å². The summed E-state index contributed by atoms with van der Waals surface area (Å²) in [5.74, 6) is 2.08. The average molecular weight is 171 g/mol. The summed E-state index contributed by atoms with van der Waals surface area (Å²) in [6, 6.07) is 0. The first-order valence-corrected chi connectivity index (χ1v) is 4.92. The van der Waals surface area contributed by atoms with E-state index >= 15 is 0 Å². The smallest absolute Gasteiger partial charge is 0.0813 e. The van der Waals surface area contributed by atoms with Gasteiger partial charge in [-0.1, -0.05) is 39.3 Å². The summed E-state index contributed by atoms with van der Waals surface area (Å²) in [4.78, 5) is 9.92. The second-order valence-corrected chi connectivity index (χ2v) is 3.86. The van der Waals surface area contributed by atoms with Crippen LogP contribution < -0.4 is 0 Å². The van der Waals surface area contributed by atoms with Crippen molar-refractivity contribution in [1.82, 2.24) is 0 Å². The number of hydrogen-bond donors (Lipinski definition) is 0. The minimum Gasteiger partial charge on any atom is -0.151 e. The zero-order valence-corrected chi connectivity index (χ0v) is 8.71. The molecular weight excluding hydrogens is 150 g/mol. The Morgan fingerprint density at radius 1 is 1.17 bits per heavy atom. The Bertz CT molecular complexity index is 125. The molecule has 0 amide bonds. The van der Waals surface area contributed by atoms with E-state index in [4.69, 9.17) is 0 Å². The Kier molecular flexibility index (Phi) is 5.95. The van der Waals surface area contributed by atoms with Gasteiger partial charge in [-0.15, -0.1) is 0 Å². The van der Waals surface area contributed by atoms with Crippen molar-refractivity contribution in [2.45, 2.75) is 40.5 Å². The third kappa shape index (κ3) is 3.84. The van der Waals surface area contributed by atoms with Crippen molar-refractivity contribution < 1.29 is 0 Å². The second-order valence-electron chi connectivity index (χ2n) is 3.86. The zero-order chi connectivity index (χ0) is 9.56. The van der Waals surface area contributed by atoms with E-state index in [-0.39, 0.29) is 0 Å². The van der Waals surface area contributed by atoms with Crippen molar-refractivity contribution in [3.63, 3.8) is 0 Å². The second kappa shape index (κ2) is 6.15. The molecule has 0 bridgehead atoms. The third-order valence-corrected chi connectivity index (χ3v) is 3.11. The Morgan fingerprint density at radius 2 is 1.75 bits per heavy atom. The highest BCUT2D eigenvalue weighted by Gasteiger charge is 2.17. The van der Waals surface area contributed by atoms with E-state index < -0.39 is 0 Å². The van der Waals surface area contributed by atoms with Gasteiger partial charge in [0.1, 0.15) is 0 Å². The van der Waals surface area contributed by atoms with E-state index in [1.807, 2.05) is 0 Å². The van der Waals surface area contributed by atoms with Gasteiger partial charge in [-0.25, -0.2) is 0 Å². The van der Waals surface area contributed by atoms with Gasteiger partial charge < -0.3 is 0 Å². The number of rotatable bonds is 6. The fourth-order valence-corrected chi connectivity index (χ4v) is 1.45. The molecule has 0 spiro atoms. The van der Waals surface area contributed by atoms with Crippen LogP contribution in [0.3, 0.4) is 0 Å². The lowest BCUT2D eigenvalue weighted by atomic mass is 9.82. The van der Waals surface area contributed by atoms with E-state index in [9.17, 15) is 4.91 Å². The monoisotopic (exact) mass is 171 g/mol. The first-order valence-electron chi connectivity index (χ1n) is 4.92. The Hall–Kier alpha value is -0.400. The van der Waals surface area contributed by atoms with Gasteiger partial charge in [-0.05, 0) is 24.2 Å². The van der Waals surface area contributed by atoms with E-state index in [2.05, 4.69) is 32.9 Å². The average Bonchev–Trinajstić information content (AvgIpc) is 2.11. The highest BCUT2D eigenvalue weighted by Crippen LogP contribution is 2.25. The van der Waals surface area contributed by atoms with Crippen LogP contribution in [-0.4, -0.2) is 6.54 Å². The summed E-state index contributed by atoms with van der Waals surface area (Å²) < 4.78 is 0. The Balaban J connectivity index is 3.74. The molecule has 0 aromatic rings. The van der Waals surface area contributed by atoms with E-state index in [1.165, 1.54) is 6.42 Å². The molecule has 2 nitrogen and oxygen atoms in total. The molecule has 72 valence electrons. The predicted molar refractivity (Wildman–Crippen MR) is 53.1 cm³/mol. The SMILES string of the molecule is CCC(C)C(C)C(C)CCN=O. The van der Waals surface area contributed by atoms with Crippen LogP contribution in [0.2, 0.25) is 0 Å². The van der Waals surface area contributed by atoms with Crippen LogP contribution in [0, 0.1) is 22.7 Å². The molecule has 0 heterocycles. The third-order valence-electron chi connectivity index (χ3n) is 3.11. The molecule has 0 N–H and O–H groups in total. The lowest BCUT2D eigenvalue weighted by Gasteiger charge is -2.24. The van der Waals surface area contributed by atoms with Crippen LogP contribution in [0.15, 0.2) is 5.18 Å². The van der Waals surface area contributed by atoms with Crippen LogP contribution in [0.5, 0.6) is 0 Å². The maximum Gasteiger partial charge on any atom is 0.0813 e. The molecule has 3 unspecified atom stereocenters. The van der Waals surface area contributed by atoms with Gasteiger partial charge in [0.2, 0.25) is 0 Å². The first kappa shape index (κ1) is 11.6. The summed E-state index contributed by atoms with van der Waals surface area (Å²) in [7, 11) is 0. The molecule has 2 heteroatoms. The van der Waals surface area contributed by atoms with Crippen molar-refractivity contribution in [1.29, 1.82) is 0 Å². The highest BCUT2D eigenvalue weighted by atomic mass is 16.3. The van der Waals surface area contributed by atoms with Crippen LogP contribution in [0.1, 0.15) is 40.5 Å². The molecule has 0 saturated heterocycles. The maximum atomic E-state index is 9.92. The largest absolute Gasteiger partial charge is 0.151 e. The molecule has 3 atom stereocenters. The van der Waals surface area contributed by atoms with E-state index in [0.717, 1.165) is 12.3 Å². The number of nitrogens with zero attached hydrogens (tertiary/aromatic N) is 1. The molecular formula is C10H21NO. The molecule has 0 saturated carbocycles. The van der Waals surface area contributed by atoms with E-state index in [0.29, 0.717) is 18.4 Å². The fourth-order valence-electron chi connectivity index (χ4n) is 1.45. The van der Waals surface area contributed by atoms with Crippen LogP contribution >= 0.6 is 0 Å². The number of nitroso groups, excluding NO2 is 1. The summed E-state index contributed by atoms with van der Waals surface area (Å²) in [5.41, 5.74) is 0. The maximum absolute atomic E-state index is 9.92. The minimum absolute atomic E-state index is 0.474. The van der Waals surface area contributed by atoms with Crippen molar-refractivity contribution in [2.75, 3.05) is 6.54 Å². The first-order chi connectivity index (χ1) is 5.63. The molecule has 0 aliphatic rings. The number of hydrogen-bond acceptors (Lipinski definition) is 2. The van der Waals surface area contributed by atoms with Gasteiger partial charge in [0.25, 0.3) is 0 Å². The van der Waals surface area contributed by atoms with Gasteiger partial charge in [0.15, 0.2) is 0 Å². The van der Waals surface area contributed by atoms with Gasteiger partial charge in [0, 0.05) is 0 Å². The molecule has 0 aliphatic heterocycles. The molecule has 0 rings (SSSR count). The molecule has 12 heavy (non-hydrogen) atoms. The molecule has 0 aromatic heterocycles. The van der Waals surface area contributed by atoms with Crippen molar-refractivity contribution >= 4 is 0 Å². The predicted octanol–water partition coefficient (Wildman–Crippen LogP) is 3.46. The van der Waals surface area contributed by atoms with Crippen LogP contribution in [0.4, 0.5) is 0 Å². The molecule has 0 aliphatic carbocycles. The van der Waals surface area contributed by atoms with Crippen molar-refractivity contribution in [2.24, 2.45) is 22.9 Å². The van der Waals surface area contributed by atoms with E-state index in [1.54, 1.807) is 0 Å². The summed E-state index contributed by atoms with van der Waals surface area (Å²) in [6.07, 6.45) is 2.16. The normalized spacial score (nSPS) is 18.3. The quantitative estimate of drug-likeness (QED) is 0.563. The van der Waals surface area contributed by atoms with Gasteiger partial charge in [-0.2, -0.15) is 4.91 Å². The topological polar surface area (TPSA) is 29.4 Å². The summed E-state index contributed by atoms with van der Waals surface area (Å²) in [5, 5.41) is 2.89. The summed E-state index contributed by atoms with van der Waals surface area (Å²) >= 11 is 0. The van der Waals surface area contributed by atoms with Gasteiger partial charge in [0.05, 0.1) is 6.54 Å². The zero-order valence-electron chi connectivity index (χ0n) is 8.71. The lowest BCUT2D eigenvalue weighted by molar-refractivity contribution is 0.263. The minimum atomic E-state index is 0.474. The summed E-state index contributed by atoms with van der Waals surface area (Å²) in [6.45, 7) is 9.44. The van der Waals surface area contributed by atoms with Crippen LogP contribution in [0.25, 0.3) is 0 Å². The van der Waals surface area contributed by atoms with Crippen LogP contribution in [-0.2, 0) is 0 Å². The highest BCUT2D eigenvalue weighted by molar-refractivity contribution is 4.67. The van der Waals surface area contributed by atoms with Gasteiger partial charge >= 0.3 is 0 Å². The lowest BCUT2D eigenvalue weighted by Crippen LogP contribution is -2.16. The fraction of sp³-hybridized carbons (Fsp3) is 1.00.